The molecule has 1 aliphatic heterocycles. The summed E-state index contributed by atoms with van der Waals surface area (Å²) in [5, 5.41) is 23.5. The van der Waals surface area contributed by atoms with Gasteiger partial charge in [-0.1, -0.05) is 54.6 Å². The van der Waals surface area contributed by atoms with E-state index in [1.165, 1.54) is 36.4 Å². The Morgan fingerprint density at radius 1 is 0.778 bits per heavy atom. The van der Waals surface area contributed by atoms with Crippen LogP contribution < -0.4 is 0 Å². The molecule has 4 aromatic carbocycles. The maximum Gasteiger partial charge on any atom is 0.303 e. The molecule has 0 amide bonds. The zero-order valence-corrected chi connectivity index (χ0v) is 24.9. The molecule has 6 rings (SSSR count). The molecular weight excluding hydrogens is 629 g/mol. The van der Waals surface area contributed by atoms with Gasteiger partial charge < -0.3 is 0 Å². The summed E-state index contributed by atoms with van der Waals surface area (Å²) < 4.78 is 76.7. The Balaban J connectivity index is 1.52. The summed E-state index contributed by atoms with van der Waals surface area (Å²) in [4.78, 5) is 20.4. The van der Waals surface area contributed by atoms with Gasteiger partial charge in [-0.05, 0) is 59.4 Å². The molecular formula is C30H24FN3O9S2. The zero-order valence-electron chi connectivity index (χ0n) is 23.2. The number of nitro groups is 2. The highest BCUT2D eigenvalue weighted by Gasteiger charge is 2.52. The number of sulfonamides is 1. The Hall–Kier alpha value is -4.57. The lowest BCUT2D eigenvalue weighted by Gasteiger charge is -2.31. The minimum absolute atomic E-state index is 0.00387. The van der Waals surface area contributed by atoms with Crippen molar-refractivity contribution in [3.05, 3.63) is 139 Å². The molecule has 0 unspecified atom stereocenters. The van der Waals surface area contributed by atoms with Crippen LogP contribution in [0.3, 0.4) is 0 Å². The Kier molecular flexibility index (Phi) is 7.72. The van der Waals surface area contributed by atoms with E-state index >= 15 is 0 Å². The highest BCUT2D eigenvalue weighted by Crippen LogP contribution is 2.53. The molecule has 0 N–H and O–H groups in total. The van der Waals surface area contributed by atoms with Crippen molar-refractivity contribution in [3.63, 3.8) is 0 Å². The van der Waals surface area contributed by atoms with Crippen LogP contribution in [0.4, 0.5) is 15.8 Å². The summed E-state index contributed by atoms with van der Waals surface area (Å²) in [7, 11) is -9.55. The normalized spacial score (nSPS) is 19.6. The van der Waals surface area contributed by atoms with E-state index < -0.39 is 81.6 Å². The van der Waals surface area contributed by atoms with Gasteiger partial charge in [0.25, 0.3) is 21.4 Å². The average Bonchev–Trinajstić information content (AvgIpc) is 3.35. The van der Waals surface area contributed by atoms with Gasteiger partial charge in [-0.2, -0.15) is 12.7 Å². The summed E-state index contributed by atoms with van der Waals surface area (Å²) >= 11 is 0. The van der Waals surface area contributed by atoms with Gasteiger partial charge in [-0.25, -0.2) is 12.8 Å². The van der Waals surface area contributed by atoms with Crippen molar-refractivity contribution in [2.24, 2.45) is 0 Å². The third-order valence-electron chi connectivity index (χ3n) is 8.17. The fourth-order valence-corrected chi connectivity index (χ4v) is 9.41. The molecule has 0 bridgehead atoms. The Bertz CT molecular complexity index is 2070. The average molecular weight is 654 g/mol. The molecule has 1 heterocycles. The highest BCUT2D eigenvalue weighted by atomic mass is 32.2. The smallest absolute Gasteiger partial charge is 0.264 e. The topological polar surface area (TPSA) is 167 Å². The first-order chi connectivity index (χ1) is 21.4. The van der Waals surface area contributed by atoms with Crippen LogP contribution in [0.2, 0.25) is 0 Å². The molecule has 0 spiro atoms. The predicted octanol–water partition coefficient (Wildman–Crippen LogP) is 5.24. The summed E-state index contributed by atoms with van der Waals surface area (Å²) in [6.45, 7) is -0.770. The number of nitrogens with zero attached hydrogens (tertiary/aromatic N) is 3. The molecule has 232 valence electrons. The van der Waals surface area contributed by atoms with Gasteiger partial charge in [0.2, 0.25) is 0 Å². The van der Waals surface area contributed by atoms with Crippen LogP contribution in [0.5, 0.6) is 0 Å². The Labute approximate surface area is 257 Å². The van der Waals surface area contributed by atoms with Crippen LogP contribution in [0.1, 0.15) is 40.6 Å². The van der Waals surface area contributed by atoms with E-state index in [9.17, 15) is 41.5 Å². The first kappa shape index (κ1) is 30.5. The largest absolute Gasteiger partial charge is 0.303 e. The van der Waals surface area contributed by atoms with E-state index in [2.05, 4.69) is 0 Å². The monoisotopic (exact) mass is 653 g/mol. The van der Waals surface area contributed by atoms with Crippen LogP contribution in [0.15, 0.2) is 101 Å². The molecule has 2 aliphatic rings. The van der Waals surface area contributed by atoms with Crippen LogP contribution in [0.25, 0.3) is 0 Å². The molecule has 4 aromatic rings. The molecule has 12 nitrogen and oxygen atoms in total. The quantitative estimate of drug-likeness (QED) is 0.140. The van der Waals surface area contributed by atoms with Crippen molar-refractivity contribution in [1.82, 2.24) is 4.31 Å². The number of para-hydroxylation sites is 2. The molecule has 0 aromatic heterocycles. The molecule has 0 saturated carbocycles. The van der Waals surface area contributed by atoms with Crippen molar-refractivity contribution in [2.75, 3.05) is 6.61 Å². The zero-order chi connectivity index (χ0) is 32.1. The van der Waals surface area contributed by atoms with Crippen LogP contribution in [0, 0.1) is 26.0 Å². The van der Waals surface area contributed by atoms with E-state index in [1.807, 2.05) is 18.2 Å². The number of hydrogen-bond acceptors (Lipinski definition) is 9. The number of halogens is 1. The van der Waals surface area contributed by atoms with Gasteiger partial charge in [0.05, 0.1) is 28.5 Å². The third kappa shape index (κ3) is 5.37. The van der Waals surface area contributed by atoms with Gasteiger partial charge in [0.15, 0.2) is 9.79 Å². The SMILES string of the molecule is O=[N+]([O-])c1ccccc1S(=O)(=O)OC[C@H]1C[C@@H]2c3ccccc3Cc3ccc(F)cc3[C@H]2N1S(=O)(=O)c1ccccc1[N+](=O)[O-]. The first-order valence-corrected chi connectivity index (χ1v) is 16.5. The highest BCUT2D eigenvalue weighted by molar-refractivity contribution is 7.89. The molecule has 3 atom stereocenters. The fraction of sp³-hybridized carbons (Fsp3) is 0.200. The van der Waals surface area contributed by atoms with Gasteiger partial charge in [-0.15, -0.1) is 0 Å². The van der Waals surface area contributed by atoms with E-state index in [1.54, 1.807) is 12.1 Å². The number of benzene rings is 4. The second-order valence-corrected chi connectivity index (χ2v) is 14.1. The van der Waals surface area contributed by atoms with Crippen molar-refractivity contribution in [3.8, 4) is 0 Å². The van der Waals surface area contributed by atoms with Crippen molar-refractivity contribution < 1.29 is 35.3 Å². The number of hydrogen-bond donors (Lipinski definition) is 0. The van der Waals surface area contributed by atoms with Gasteiger partial charge in [0, 0.05) is 18.1 Å². The van der Waals surface area contributed by atoms with E-state index in [-0.39, 0.29) is 6.42 Å². The van der Waals surface area contributed by atoms with Gasteiger partial charge >= 0.3 is 10.1 Å². The van der Waals surface area contributed by atoms with Gasteiger partial charge in [-0.3, -0.25) is 24.4 Å². The molecule has 15 heteroatoms. The molecule has 1 fully saturated rings. The number of nitro benzene ring substituents is 2. The summed E-state index contributed by atoms with van der Waals surface area (Å²) in [5.41, 5.74) is 1.16. The second-order valence-electron chi connectivity index (χ2n) is 10.7. The van der Waals surface area contributed by atoms with E-state index in [0.29, 0.717) is 17.5 Å². The Morgan fingerprint density at radius 3 is 2.04 bits per heavy atom. The summed E-state index contributed by atoms with van der Waals surface area (Å²) in [5.74, 6) is -1.25. The summed E-state index contributed by atoms with van der Waals surface area (Å²) in [6.07, 6.45) is 0.370. The third-order valence-corrected chi connectivity index (χ3v) is 11.5. The van der Waals surface area contributed by atoms with Crippen molar-refractivity contribution in [1.29, 1.82) is 0 Å². The minimum atomic E-state index is -4.78. The Morgan fingerprint density at radius 2 is 1.36 bits per heavy atom. The fourth-order valence-electron chi connectivity index (χ4n) is 6.32. The number of rotatable bonds is 8. The second kappa shape index (κ2) is 11.4. The molecule has 1 saturated heterocycles. The van der Waals surface area contributed by atoms with Crippen LogP contribution in [-0.4, -0.2) is 43.6 Å². The van der Waals surface area contributed by atoms with Crippen LogP contribution >= 0.6 is 0 Å². The first-order valence-electron chi connectivity index (χ1n) is 13.7. The minimum Gasteiger partial charge on any atom is -0.264 e. The van der Waals surface area contributed by atoms with E-state index in [4.69, 9.17) is 4.18 Å². The molecule has 45 heavy (non-hydrogen) atoms. The van der Waals surface area contributed by atoms with Crippen LogP contribution in [-0.2, 0) is 30.7 Å². The standard InChI is InChI=1S/C30H24FN3O9S2/c31-21-14-13-20-15-19-7-1-2-8-23(19)25-17-22(18-43-45(41,42)29-12-6-4-10-27(29)34(37)38)32(30(25)24(20)16-21)44(39,40)28-11-5-3-9-26(28)33(35)36/h1-14,16,22,25,30H,15,17-18H2/t22-,25-,30-/m1/s1. The lowest BCUT2D eigenvalue weighted by molar-refractivity contribution is -0.388. The van der Waals surface area contributed by atoms with E-state index in [0.717, 1.165) is 39.7 Å². The summed E-state index contributed by atoms with van der Waals surface area (Å²) in [6, 6.07) is 18.3. The number of fused-ring (bicyclic) bond motifs is 5. The lowest BCUT2D eigenvalue weighted by atomic mass is 9.87. The molecule has 0 radical (unpaired) electrons. The maximum absolute atomic E-state index is 14.8. The van der Waals surface area contributed by atoms with Crippen molar-refractivity contribution >= 4 is 31.5 Å². The van der Waals surface area contributed by atoms with Gasteiger partial charge in [0.1, 0.15) is 5.82 Å². The van der Waals surface area contributed by atoms with Crippen molar-refractivity contribution in [2.45, 2.75) is 40.6 Å². The molecule has 1 aliphatic carbocycles. The maximum atomic E-state index is 14.8. The predicted molar refractivity (Wildman–Crippen MR) is 158 cm³/mol. The lowest BCUT2D eigenvalue weighted by Crippen LogP contribution is -2.41.